The molecule has 2 nitrogen and oxygen atoms in total. The molecule has 1 aromatic rings. The lowest BCUT2D eigenvalue weighted by Crippen LogP contribution is -2.33. The largest absolute Gasteiger partial charge is 0.312 e. The summed E-state index contributed by atoms with van der Waals surface area (Å²) in [6.07, 6.45) is 0. The zero-order valence-corrected chi connectivity index (χ0v) is 12.5. The fraction of sp³-hybridized carbons (Fsp3) is 0.625. The Morgan fingerprint density at radius 2 is 1.50 bits per heavy atom. The van der Waals surface area contributed by atoms with Gasteiger partial charge in [0, 0.05) is 12.6 Å². The summed E-state index contributed by atoms with van der Waals surface area (Å²) in [6.45, 7) is 12.2. The van der Waals surface area contributed by atoms with Gasteiger partial charge in [-0.15, -0.1) is 0 Å². The maximum atomic E-state index is 3.42. The van der Waals surface area contributed by atoms with Gasteiger partial charge in [0.1, 0.15) is 0 Å². The van der Waals surface area contributed by atoms with Gasteiger partial charge in [-0.1, -0.05) is 52.0 Å². The molecule has 102 valence electrons. The van der Waals surface area contributed by atoms with Gasteiger partial charge in [0.15, 0.2) is 0 Å². The second-order valence-corrected chi connectivity index (χ2v) is 5.15. The van der Waals surface area contributed by atoms with E-state index in [2.05, 4.69) is 62.2 Å². The van der Waals surface area contributed by atoms with Gasteiger partial charge in [0.25, 0.3) is 0 Å². The number of benzene rings is 1. The molecule has 0 heterocycles. The Balaban J connectivity index is 2.75. The Labute approximate surface area is 112 Å². The third-order valence-electron chi connectivity index (χ3n) is 3.69. The van der Waals surface area contributed by atoms with Crippen molar-refractivity contribution in [3.63, 3.8) is 0 Å². The second-order valence-electron chi connectivity index (χ2n) is 5.15. The first-order valence-corrected chi connectivity index (χ1v) is 7.11. The minimum atomic E-state index is 0.422. The summed E-state index contributed by atoms with van der Waals surface area (Å²) in [4.78, 5) is 2.46. The lowest BCUT2D eigenvalue weighted by atomic mass is 9.99. The average molecular weight is 248 g/mol. The molecule has 0 aliphatic carbocycles. The Morgan fingerprint density at radius 1 is 1.00 bits per heavy atom. The Bertz CT molecular complexity index is 325. The molecule has 0 saturated heterocycles. The molecular formula is C16H28N2. The first kappa shape index (κ1) is 15.2. The van der Waals surface area contributed by atoms with Gasteiger partial charge >= 0.3 is 0 Å². The van der Waals surface area contributed by atoms with Gasteiger partial charge < -0.3 is 10.2 Å². The molecule has 0 amide bonds. The second kappa shape index (κ2) is 7.55. The molecule has 0 saturated carbocycles. The van der Waals surface area contributed by atoms with E-state index in [4.69, 9.17) is 0 Å². The number of hydrogen-bond donors (Lipinski definition) is 1. The van der Waals surface area contributed by atoms with Gasteiger partial charge in [-0.3, -0.25) is 0 Å². The smallest absolute Gasteiger partial charge is 0.0446 e. The monoisotopic (exact) mass is 248 g/mol. The lowest BCUT2D eigenvalue weighted by Gasteiger charge is -2.25. The van der Waals surface area contributed by atoms with Crippen molar-refractivity contribution in [2.24, 2.45) is 0 Å². The first-order chi connectivity index (χ1) is 8.62. The molecule has 1 unspecified atom stereocenters. The van der Waals surface area contributed by atoms with Crippen LogP contribution in [0.15, 0.2) is 24.3 Å². The zero-order valence-electron chi connectivity index (χ0n) is 12.5. The third-order valence-corrected chi connectivity index (χ3v) is 3.69. The summed E-state index contributed by atoms with van der Waals surface area (Å²) in [5.41, 5.74) is 2.80. The summed E-state index contributed by atoms with van der Waals surface area (Å²) in [5, 5.41) is 3.42. The number of rotatable bonds is 7. The molecule has 1 atom stereocenters. The molecule has 18 heavy (non-hydrogen) atoms. The first-order valence-electron chi connectivity index (χ1n) is 7.11. The van der Waals surface area contributed by atoms with Crippen molar-refractivity contribution in [2.75, 3.05) is 26.7 Å². The fourth-order valence-electron chi connectivity index (χ4n) is 2.22. The Morgan fingerprint density at radius 3 is 1.89 bits per heavy atom. The van der Waals surface area contributed by atoms with Gasteiger partial charge in [0.2, 0.25) is 0 Å². The molecule has 0 spiro atoms. The zero-order chi connectivity index (χ0) is 13.5. The molecule has 0 fully saturated rings. The van der Waals surface area contributed by atoms with E-state index in [1.54, 1.807) is 0 Å². The summed E-state index contributed by atoms with van der Waals surface area (Å²) < 4.78 is 0. The van der Waals surface area contributed by atoms with E-state index in [9.17, 15) is 0 Å². The van der Waals surface area contributed by atoms with E-state index in [0.717, 1.165) is 19.6 Å². The maximum Gasteiger partial charge on any atom is 0.0446 e. The average Bonchev–Trinajstić information content (AvgIpc) is 2.40. The van der Waals surface area contributed by atoms with E-state index in [-0.39, 0.29) is 0 Å². The van der Waals surface area contributed by atoms with E-state index in [1.165, 1.54) is 11.1 Å². The van der Waals surface area contributed by atoms with E-state index >= 15 is 0 Å². The van der Waals surface area contributed by atoms with Crippen molar-refractivity contribution < 1.29 is 0 Å². The van der Waals surface area contributed by atoms with Crippen molar-refractivity contribution in [2.45, 2.75) is 39.7 Å². The van der Waals surface area contributed by atoms with Crippen LogP contribution in [0.2, 0.25) is 0 Å². The highest BCUT2D eigenvalue weighted by atomic mass is 15.1. The topological polar surface area (TPSA) is 15.3 Å². The molecule has 1 N–H and O–H groups in total. The van der Waals surface area contributed by atoms with E-state index in [1.807, 2.05) is 7.05 Å². The highest BCUT2D eigenvalue weighted by Crippen LogP contribution is 2.19. The fourth-order valence-corrected chi connectivity index (χ4v) is 2.22. The van der Waals surface area contributed by atoms with Crippen molar-refractivity contribution in [1.82, 2.24) is 10.2 Å². The molecule has 0 aliphatic heterocycles. The summed E-state index contributed by atoms with van der Waals surface area (Å²) in [5.74, 6) is 0.606. The summed E-state index contributed by atoms with van der Waals surface area (Å²) in [6, 6.07) is 9.46. The predicted octanol–water partition coefficient (Wildman–Crippen LogP) is 3.41. The number of nitrogens with zero attached hydrogens (tertiary/aromatic N) is 1. The highest BCUT2D eigenvalue weighted by Gasteiger charge is 2.12. The van der Waals surface area contributed by atoms with E-state index in [0.29, 0.717) is 12.0 Å². The SMILES string of the molecule is CCN(CC)CC(NC)c1ccc(C(C)C)cc1. The maximum absolute atomic E-state index is 3.42. The Kier molecular flexibility index (Phi) is 6.37. The van der Waals surface area contributed by atoms with Crippen LogP contribution in [-0.2, 0) is 0 Å². The summed E-state index contributed by atoms with van der Waals surface area (Å²) >= 11 is 0. The lowest BCUT2D eigenvalue weighted by molar-refractivity contribution is 0.271. The standard InChI is InChI=1S/C16H28N2/c1-6-18(7-2)12-16(17-5)15-10-8-14(9-11-15)13(3)4/h8-11,13,16-17H,6-7,12H2,1-5H3. The van der Waals surface area contributed by atoms with E-state index < -0.39 is 0 Å². The number of hydrogen-bond acceptors (Lipinski definition) is 2. The van der Waals surface area contributed by atoms with Gasteiger partial charge in [-0.25, -0.2) is 0 Å². The quantitative estimate of drug-likeness (QED) is 0.795. The van der Waals surface area contributed by atoms with Crippen molar-refractivity contribution in [1.29, 1.82) is 0 Å². The molecule has 0 aromatic heterocycles. The minimum Gasteiger partial charge on any atom is -0.312 e. The van der Waals surface area contributed by atoms with Crippen LogP contribution < -0.4 is 5.32 Å². The predicted molar refractivity (Wildman–Crippen MR) is 80.1 cm³/mol. The van der Waals surface area contributed by atoms with Crippen LogP contribution in [0.3, 0.4) is 0 Å². The normalized spacial score (nSPS) is 13.3. The molecule has 0 aliphatic rings. The number of likely N-dealkylation sites (N-methyl/N-ethyl adjacent to an activating group) is 2. The summed E-state index contributed by atoms with van der Waals surface area (Å²) in [7, 11) is 2.05. The van der Waals surface area contributed by atoms with Crippen LogP contribution in [-0.4, -0.2) is 31.6 Å². The van der Waals surface area contributed by atoms with Crippen molar-refractivity contribution >= 4 is 0 Å². The molecular weight excluding hydrogens is 220 g/mol. The molecule has 0 bridgehead atoms. The highest BCUT2D eigenvalue weighted by molar-refractivity contribution is 5.27. The van der Waals surface area contributed by atoms with Crippen LogP contribution in [0.5, 0.6) is 0 Å². The molecule has 2 heteroatoms. The van der Waals surface area contributed by atoms with Crippen LogP contribution in [0, 0.1) is 0 Å². The van der Waals surface area contributed by atoms with Crippen LogP contribution in [0.1, 0.15) is 50.8 Å². The molecule has 1 aromatic carbocycles. The Hall–Kier alpha value is -0.860. The number of nitrogens with one attached hydrogen (secondary N) is 1. The van der Waals surface area contributed by atoms with Gasteiger partial charge in [0.05, 0.1) is 0 Å². The third kappa shape index (κ3) is 4.11. The minimum absolute atomic E-state index is 0.422. The van der Waals surface area contributed by atoms with Crippen LogP contribution in [0.25, 0.3) is 0 Å². The van der Waals surface area contributed by atoms with Crippen molar-refractivity contribution in [3.05, 3.63) is 35.4 Å². The molecule has 1 rings (SSSR count). The van der Waals surface area contributed by atoms with Crippen LogP contribution >= 0.6 is 0 Å². The van der Waals surface area contributed by atoms with Crippen LogP contribution in [0.4, 0.5) is 0 Å². The van der Waals surface area contributed by atoms with Gasteiger partial charge in [-0.2, -0.15) is 0 Å². The molecule has 0 radical (unpaired) electrons. The van der Waals surface area contributed by atoms with Crippen molar-refractivity contribution in [3.8, 4) is 0 Å². The van der Waals surface area contributed by atoms with Gasteiger partial charge in [-0.05, 0) is 37.2 Å².